The molecule has 0 aromatic carbocycles. The summed E-state index contributed by atoms with van der Waals surface area (Å²) in [5.41, 5.74) is 5.38. The first kappa shape index (κ1) is 7.54. The Morgan fingerprint density at radius 2 is 2.40 bits per heavy atom. The van der Waals surface area contributed by atoms with Gasteiger partial charge >= 0.3 is 0 Å². The minimum absolute atomic E-state index is 0.0272. The maximum Gasteiger partial charge on any atom is 0.0910 e. The molecule has 1 fully saturated rings. The van der Waals surface area contributed by atoms with Crippen molar-refractivity contribution in [3.05, 3.63) is 0 Å². The first-order valence-corrected chi connectivity index (χ1v) is 3.43. The summed E-state index contributed by atoms with van der Waals surface area (Å²) in [5, 5.41) is 0. The second-order valence-corrected chi connectivity index (χ2v) is 3.01. The fraction of sp³-hybridized carbons (Fsp3) is 0.857. The standard InChI is InChI=1S/C7H14N2O/c1-5(8)9-6-4-7(6,2)10-3/h6H,4H2,1-3H3,(H2,8,9)/t6-,7+/m1/s1. The normalized spacial score (nSPS) is 39.9. The van der Waals surface area contributed by atoms with Gasteiger partial charge in [0.25, 0.3) is 0 Å². The van der Waals surface area contributed by atoms with E-state index in [0.717, 1.165) is 6.42 Å². The van der Waals surface area contributed by atoms with Gasteiger partial charge in [-0.1, -0.05) is 0 Å². The minimum Gasteiger partial charge on any atom is -0.388 e. The summed E-state index contributed by atoms with van der Waals surface area (Å²) in [6.45, 7) is 3.85. The van der Waals surface area contributed by atoms with E-state index in [1.54, 1.807) is 14.0 Å². The molecule has 3 nitrogen and oxygen atoms in total. The van der Waals surface area contributed by atoms with E-state index in [1.165, 1.54) is 0 Å². The van der Waals surface area contributed by atoms with E-state index >= 15 is 0 Å². The van der Waals surface area contributed by atoms with Gasteiger partial charge in [-0.15, -0.1) is 0 Å². The second-order valence-electron chi connectivity index (χ2n) is 3.01. The molecule has 0 aromatic rings. The molecule has 0 spiro atoms. The van der Waals surface area contributed by atoms with Gasteiger partial charge in [-0.05, 0) is 13.8 Å². The summed E-state index contributed by atoms with van der Waals surface area (Å²) in [6.07, 6.45) is 0.998. The summed E-state index contributed by atoms with van der Waals surface area (Å²) in [6, 6.07) is 0.294. The van der Waals surface area contributed by atoms with Crippen LogP contribution in [0.25, 0.3) is 0 Å². The topological polar surface area (TPSA) is 47.6 Å². The lowest BCUT2D eigenvalue weighted by Crippen LogP contribution is -2.14. The van der Waals surface area contributed by atoms with Crippen LogP contribution in [0.5, 0.6) is 0 Å². The van der Waals surface area contributed by atoms with E-state index in [9.17, 15) is 0 Å². The lowest BCUT2D eigenvalue weighted by Gasteiger charge is -2.04. The summed E-state index contributed by atoms with van der Waals surface area (Å²) >= 11 is 0. The molecule has 1 aliphatic rings. The molecule has 3 heteroatoms. The van der Waals surface area contributed by atoms with E-state index < -0.39 is 0 Å². The lowest BCUT2D eigenvalue weighted by molar-refractivity contribution is 0.0919. The molecule has 0 aromatic heterocycles. The molecule has 0 amide bonds. The molecule has 10 heavy (non-hydrogen) atoms. The molecule has 0 aliphatic heterocycles. The molecule has 2 N–H and O–H groups in total. The molecule has 0 saturated heterocycles. The smallest absolute Gasteiger partial charge is 0.0910 e. The van der Waals surface area contributed by atoms with Crippen molar-refractivity contribution in [2.45, 2.75) is 31.9 Å². The maximum absolute atomic E-state index is 5.40. The zero-order chi connectivity index (χ0) is 7.78. The van der Waals surface area contributed by atoms with Gasteiger partial charge in [0.2, 0.25) is 0 Å². The summed E-state index contributed by atoms with van der Waals surface area (Å²) in [7, 11) is 1.71. The Kier molecular flexibility index (Phi) is 1.68. The summed E-state index contributed by atoms with van der Waals surface area (Å²) in [5.74, 6) is 0.644. The molecule has 0 unspecified atom stereocenters. The average molecular weight is 142 g/mol. The number of aliphatic imine (C=N–C) groups is 1. The van der Waals surface area contributed by atoms with Gasteiger partial charge in [-0.2, -0.15) is 0 Å². The van der Waals surface area contributed by atoms with Crippen molar-refractivity contribution >= 4 is 5.84 Å². The van der Waals surface area contributed by atoms with Crippen LogP contribution in [0.3, 0.4) is 0 Å². The Hall–Kier alpha value is -0.570. The van der Waals surface area contributed by atoms with E-state index in [2.05, 4.69) is 4.99 Å². The molecule has 2 atom stereocenters. The number of hydrogen-bond acceptors (Lipinski definition) is 2. The molecule has 58 valence electrons. The maximum atomic E-state index is 5.40. The average Bonchev–Trinajstić information content (AvgIpc) is 2.43. The highest BCUT2D eigenvalue weighted by Crippen LogP contribution is 2.41. The number of nitrogens with zero attached hydrogens (tertiary/aromatic N) is 1. The van der Waals surface area contributed by atoms with Crippen LogP contribution in [0.15, 0.2) is 4.99 Å². The van der Waals surface area contributed by atoms with Gasteiger partial charge in [0.05, 0.1) is 17.5 Å². The predicted octanol–water partition coefficient (Wildman–Crippen LogP) is 0.541. The molecule has 1 saturated carbocycles. The first-order chi connectivity index (χ1) is 4.58. The van der Waals surface area contributed by atoms with Crippen molar-refractivity contribution in [1.82, 2.24) is 0 Å². The van der Waals surface area contributed by atoms with Crippen molar-refractivity contribution in [2.24, 2.45) is 10.7 Å². The third kappa shape index (κ3) is 1.29. The van der Waals surface area contributed by atoms with E-state index in [-0.39, 0.29) is 5.60 Å². The predicted molar refractivity (Wildman–Crippen MR) is 41.1 cm³/mol. The van der Waals surface area contributed by atoms with E-state index in [0.29, 0.717) is 11.9 Å². The van der Waals surface area contributed by atoms with Crippen molar-refractivity contribution in [3.63, 3.8) is 0 Å². The molecular formula is C7H14N2O. The van der Waals surface area contributed by atoms with Crippen molar-refractivity contribution in [2.75, 3.05) is 7.11 Å². The number of ether oxygens (including phenoxy) is 1. The molecule has 1 rings (SSSR count). The molecule has 0 radical (unpaired) electrons. The van der Waals surface area contributed by atoms with Gasteiger partial charge in [-0.25, -0.2) is 0 Å². The van der Waals surface area contributed by atoms with Crippen LogP contribution in [0.1, 0.15) is 20.3 Å². The fourth-order valence-electron chi connectivity index (χ4n) is 0.972. The largest absolute Gasteiger partial charge is 0.388 e. The fourth-order valence-corrected chi connectivity index (χ4v) is 0.972. The number of hydrogen-bond donors (Lipinski definition) is 1. The van der Waals surface area contributed by atoms with Crippen LogP contribution >= 0.6 is 0 Å². The minimum atomic E-state index is -0.0272. The zero-order valence-electron chi connectivity index (χ0n) is 6.72. The van der Waals surface area contributed by atoms with Crippen molar-refractivity contribution < 1.29 is 4.74 Å². The van der Waals surface area contributed by atoms with Gasteiger partial charge in [0.15, 0.2) is 0 Å². The first-order valence-electron chi connectivity index (χ1n) is 3.43. The van der Waals surface area contributed by atoms with Crippen LogP contribution in [0, 0.1) is 0 Å². The Morgan fingerprint density at radius 3 is 2.70 bits per heavy atom. The molecular weight excluding hydrogens is 128 g/mol. The number of methoxy groups -OCH3 is 1. The van der Waals surface area contributed by atoms with E-state index in [1.807, 2.05) is 6.92 Å². The van der Waals surface area contributed by atoms with Gasteiger partial charge in [-0.3, -0.25) is 4.99 Å². The number of rotatable bonds is 2. The quantitative estimate of drug-likeness (QED) is 0.452. The highest BCUT2D eigenvalue weighted by Gasteiger charge is 2.51. The summed E-state index contributed by atoms with van der Waals surface area (Å²) < 4.78 is 5.20. The second kappa shape index (κ2) is 2.23. The van der Waals surface area contributed by atoms with Crippen LogP contribution < -0.4 is 5.73 Å². The monoisotopic (exact) mass is 142 g/mol. The third-order valence-electron chi connectivity index (χ3n) is 1.97. The van der Waals surface area contributed by atoms with Crippen LogP contribution in [-0.2, 0) is 4.74 Å². The van der Waals surface area contributed by atoms with Gasteiger partial charge in [0.1, 0.15) is 0 Å². The highest BCUT2D eigenvalue weighted by atomic mass is 16.5. The molecule has 1 aliphatic carbocycles. The highest BCUT2D eigenvalue weighted by molar-refractivity contribution is 5.78. The Bertz CT molecular complexity index is 163. The Balaban J connectivity index is 2.45. The van der Waals surface area contributed by atoms with Crippen LogP contribution in [0.4, 0.5) is 0 Å². The van der Waals surface area contributed by atoms with Gasteiger partial charge in [0, 0.05) is 13.5 Å². The van der Waals surface area contributed by atoms with Crippen molar-refractivity contribution in [1.29, 1.82) is 0 Å². The Morgan fingerprint density at radius 1 is 1.80 bits per heavy atom. The van der Waals surface area contributed by atoms with Crippen LogP contribution in [-0.4, -0.2) is 24.6 Å². The SMILES string of the molecule is CO[C@@]1(C)C[C@H]1N=C(C)N. The number of nitrogens with two attached hydrogens (primary N) is 1. The van der Waals surface area contributed by atoms with Crippen LogP contribution in [0.2, 0.25) is 0 Å². The lowest BCUT2D eigenvalue weighted by atomic mass is 10.4. The van der Waals surface area contributed by atoms with Gasteiger partial charge < -0.3 is 10.5 Å². The molecule has 0 heterocycles. The molecule has 0 bridgehead atoms. The van der Waals surface area contributed by atoms with Crippen molar-refractivity contribution in [3.8, 4) is 0 Å². The zero-order valence-corrected chi connectivity index (χ0v) is 6.72. The van der Waals surface area contributed by atoms with E-state index in [4.69, 9.17) is 10.5 Å². The third-order valence-corrected chi connectivity index (χ3v) is 1.97. The summed E-state index contributed by atoms with van der Waals surface area (Å²) in [4.78, 5) is 4.18. The Labute approximate surface area is 61.3 Å². The number of amidine groups is 1.